The van der Waals surface area contributed by atoms with Crippen molar-refractivity contribution in [2.24, 2.45) is 4.99 Å². The van der Waals surface area contributed by atoms with E-state index in [0.29, 0.717) is 18.2 Å². The van der Waals surface area contributed by atoms with Crippen molar-refractivity contribution >= 4 is 47.4 Å². The number of carbonyl (C=O) groups is 1. The number of aliphatic imine (C=N–C) groups is 1. The van der Waals surface area contributed by atoms with Gasteiger partial charge in [-0.25, -0.2) is 4.99 Å². The molecule has 0 aromatic heterocycles. The molecule has 0 spiro atoms. The van der Waals surface area contributed by atoms with Crippen LogP contribution in [-0.4, -0.2) is 67.5 Å². The third kappa shape index (κ3) is 7.27. The molecule has 1 saturated heterocycles. The number of ether oxygens (including phenoxy) is 1. The topological polar surface area (TPSA) is 57.2 Å². The average molecular weight is 481 g/mol. The zero-order chi connectivity index (χ0) is 17.4. The molecule has 6 nitrogen and oxygen atoms in total. The fraction of sp³-hybridized carbons (Fsp3) is 0.529. The van der Waals surface area contributed by atoms with Crippen LogP contribution < -0.4 is 10.1 Å². The second kappa shape index (κ2) is 11.4. The Kier molecular flexibility index (Phi) is 9.96. The molecule has 0 saturated carbocycles. The third-order valence-electron chi connectivity index (χ3n) is 3.78. The molecule has 2 rings (SSSR count). The van der Waals surface area contributed by atoms with Gasteiger partial charge in [0, 0.05) is 44.7 Å². The SMILES string of the molecule is CCNC(=NCCOc1cccc(Cl)c1)N1CCN(C(C)=O)CC1.I. The molecule has 1 heterocycles. The standard InChI is InChI=1S/C17H25ClN4O2.HI/c1-3-19-17(22-10-8-21(9-11-22)14(2)23)20-7-12-24-16-6-4-5-15(18)13-16;/h4-6,13H,3,7-12H2,1-2H3,(H,19,20);1H. The summed E-state index contributed by atoms with van der Waals surface area (Å²) in [6.07, 6.45) is 0. The van der Waals surface area contributed by atoms with Gasteiger partial charge < -0.3 is 19.9 Å². The highest BCUT2D eigenvalue weighted by atomic mass is 127. The maximum Gasteiger partial charge on any atom is 0.219 e. The Balaban J connectivity index is 0.00000312. The Hall–Kier alpha value is -1.22. The molecule has 8 heteroatoms. The van der Waals surface area contributed by atoms with Crippen LogP contribution >= 0.6 is 35.6 Å². The molecule has 1 aromatic rings. The van der Waals surface area contributed by atoms with E-state index in [1.165, 1.54) is 0 Å². The van der Waals surface area contributed by atoms with Crippen LogP contribution in [0.3, 0.4) is 0 Å². The minimum absolute atomic E-state index is 0. The van der Waals surface area contributed by atoms with Gasteiger partial charge in [0.2, 0.25) is 5.91 Å². The lowest BCUT2D eigenvalue weighted by Crippen LogP contribution is -2.53. The maximum absolute atomic E-state index is 11.4. The molecular formula is C17H26ClIN4O2. The fourth-order valence-electron chi connectivity index (χ4n) is 2.53. The Morgan fingerprint density at radius 3 is 2.56 bits per heavy atom. The van der Waals surface area contributed by atoms with Crippen LogP contribution in [0.1, 0.15) is 13.8 Å². The summed E-state index contributed by atoms with van der Waals surface area (Å²) in [5.74, 6) is 1.75. The molecule has 0 aliphatic carbocycles. The Morgan fingerprint density at radius 1 is 1.28 bits per heavy atom. The summed E-state index contributed by atoms with van der Waals surface area (Å²) in [7, 11) is 0. The number of hydrogen-bond acceptors (Lipinski definition) is 3. The molecule has 1 aromatic carbocycles. The monoisotopic (exact) mass is 480 g/mol. The van der Waals surface area contributed by atoms with E-state index in [1.807, 2.05) is 30.0 Å². The van der Waals surface area contributed by atoms with Crippen LogP contribution in [0.25, 0.3) is 0 Å². The summed E-state index contributed by atoms with van der Waals surface area (Å²) in [6.45, 7) is 8.57. The molecule has 1 aliphatic rings. The number of nitrogens with zero attached hydrogens (tertiary/aromatic N) is 3. The molecule has 0 radical (unpaired) electrons. The zero-order valence-electron chi connectivity index (χ0n) is 14.7. The summed E-state index contributed by atoms with van der Waals surface area (Å²) in [5, 5.41) is 3.96. The molecule has 1 amide bonds. The Bertz CT molecular complexity index is 578. The highest BCUT2D eigenvalue weighted by Crippen LogP contribution is 2.16. The van der Waals surface area contributed by atoms with Gasteiger partial charge >= 0.3 is 0 Å². The predicted molar refractivity (Wildman–Crippen MR) is 112 cm³/mol. The van der Waals surface area contributed by atoms with Gasteiger partial charge in [0.1, 0.15) is 12.4 Å². The van der Waals surface area contributed by atoms with E-state index in [4.69, 9.17) is 16.3 Å². The van der Waals surface area contributed by atoms with Crippen molar-refractivity contribution in [2.75, 3.05) is 45.9 Å². The van der Waals surface area contributed by atoms with E-state index in [9.17, 15) is 4.79 Å². The summed E-state index contributed by atoms with van der Waals surface area (Å²) in [5.41, 5.74) is 0. The first-order valence-electron chi connectivity index (χ1n) is 8.27. The van der Waals surface area contributed by atoms with Gasteiger partial charge in [-0.3, -0.25) is 4.79 Å². The van der Waals surface area contributed by atoms with E-state index in [1.54, 1.807) is 13.0 Å². The van der Waals surface area contributed by atoms with Crippen LogP contribution in [0.2, 0.25) is 5.02 Å². The van der Waals surface area contributed by atoms with E-state index in [-0.39, 0.29) is 29.9 Å². The maximum atomic E-state index is 11.4. The Labute approximate surface area is 171 Å². The molecule has 140 valence electrons. The predicted octanol–water partition coefficient (Wildman–Crippen LogP) is 2.47. The molecule has 1 aliphatic heterocycles. The van der Waals surface area contributed by atoms with E-state index in [2.05, 4.69) is 15.2 Å². The van der Waals surface area contributed by atoms with Crippen molar-refractivity contribution < 1.29 is 9.53 Å². The molecule has 0 bridgehead atoms. The van der Waals surface area contributed by atoms with Crippen molar-refractivity contribution in [1.82, 2.24) is 15.1 Å². The largest absolute Gasteiger partial charge is 0.492 e. The quantitative estimate of drug-likeness (QED) is 0.304. The van der Waals surface area contributed by atoms with Crippen molar-refractivity contribution in [3.8, 4) is 5.75 Å². The number of amides is 1. The molecule has 25 heavy (non-hydrogen) atoms. The smallest absolute Gasteiger partial charge is 0.219 e. The molecular weight excluding hydrogens is 455 g/mol. The lowest BCUT2D eigenvalue weighted by molar-refractivity contribution is -0.130. The summed E-state index contributed by atoms with van der Waals surface area (Å²) >= 11 is 5.93. The van der Waals surface area contributed by atoms with Gasteiger partial charge in [-0.05, 0) is 25.1 Å². The number of hydrogen-bond donors (Lipinski definition) is 1. The van der Waals surface area contributed by atoms with E-state index in [0.717, 1.165) is 44.4 Å². The lowest BCUT2D eigenvalue weighted by atomic mass is 10.3. The number of nitrogens with one attached hydrogen (secondary N) is 1. The summed E-state index contributed by atoms with van der Waals surface area (Å²) in [6, 6.07) is 7.34. The van der Waals surface area contributed by atoms with Crippen LogP contribution in [0, 0.1) is 0 Å². The zero-order valence-corrected chi connectivity index (χ0v) is 17.8. The number of rotatable bonds is 5. The molecule has 1 N–H and O–H groups in total. The second-order valence-corrected chi connectivity index (χ2v) is 5.97. The molecule has 0 unspecified atom stereocenters. The summed E-state index contributed by atoms with van der Waals surface area (Å²) in [4.78, 5) is 20.1. The summed E-state index contributed by atoms with van der Waals surface area (Å²) < 4.78 is 5.66. The van der Waals surface area contributed by atoms with E-state index >= 15 is 0 Å². The normalized spacial score (nSPS) is 14.8. The van der Waals surface area contributed by atoms with Crippen molar-refractivity contribution in [3.63, 3.8) is 0 Å². The van der Waals surface area contributed by atoms with Crippen LogP contribution in [-0.2, 0) is 4.79 Å². The first-order chi connectivity index (χ1) is 11.6. The highest BCUT2D eigenvalue weighted by Gasteiger charge is 2.20. The number of benzene rings is 1. The minimum Gasteiger partial charge on any atom is -0.492 e. The lowest BCUT2D eigenvalue weighted by Gasteiger charge is -2.36. The van der Waals surface area contributed by atoms with Gasteiger partial charge in [-0.2, -0.15) is 0 Å². The van der Waals surface area contributed by atoms with Crippen molar-refractivity contribution in [3.05, 3.63) is 29.3 Å². The van der Waals surface area contributed by atoms with Gasteiger partial charge in [-0.15, -0.1) is 24.0 Å². The van der Waals surface area contributed by atoms with Gasteiger partial charge in [-0.1, -0.05) is 17.7 Å². The van der Waals surface area contributed by atoms with Gasteiger partial charge in [0.05, 0.1) is 6.54 Å². The number of halogens is 2. The number of piperazine rings is 1. The van der Waals surface area contributed by atoms with Crippen molar-refractivity contribution in [2.45, 2.75) is 13.8 Å². The van der Waals surface area contributed by atoms with Gasteiger partial charge in [0.15, 0.2) is 5.96 Å². The van der Waals surface area contributed by atoms with Crippen LogP contribution in [0.15, 0.2) is 29.3 Å². The Morgan fingerprint density at radius 2 is 1.96 bits per heavy atom. The second-order valence-electron chi connectivity index (χ2n) is 5.53. The minimum atomic E-state index is 0. The number of guanidine groups is 1. The van der Waals surface area contributed by atoms with Crippen LogP contribution in [0.5, 0.6) is 5.75 Å². The van der Waals surface area contributed by atoms with E-state index < -0.39 is 0 Å². The van der Waals surface area contributed by atoms with Crippen molar-refractivity contribution in [1.29, 1.82) is 0 Å². The third-order valence-corrected chi connectivity index (χ3v) is 4.01. The first-order valence-corrected chi connectivity index (χ1v) is 8.65. The number of carbonyl (C=O) groups excluding carboxylic acids is 1. The highest BCUT2D eigenvalue weighted by molar-refractivity contribution is 14.0. The molecule has 1 fully saturated rings. The fourth-order valence-corrected chi connectivity index (χ4v) is 2.71. The average Bonchev–Trinajstić information content (AvgIpc) is 2.58. The van der Waals surface area contributed by atoms with Crippen LogP contribution in [0.4, 0.5) is 0 Å². The first kappa shape index (κ1) is 21.8. The molecule has 0 atom stereocenters. The van der Waals surface area contributed by atoms with Gasteiger partial charge in [0.25, 0.3) is 0 Å².